The third-order valence-corrected chi connectivity index (χ3v) is 2.25. The average Bonchev–Trinajstić information content (AvgIpc) is 2.35. The highest BCUT2D eigenvalue weighted by Crippen LogP contribution is 2.18. The minimum atomic E-state index is -4.92. The molecule has 0 bridgehead atoms. The zero-order valence-electron chi connectivity index (χ0n) is 10.2. The van der Waals surface area contributed by atoms with E-state index in [0.717, 1.165) is 0 Å². The molecule has 0 atom stereocenters. The molecular weight excluding hydrogens is 261 g/mol. The zero-order chi connectivity index (χ0) is 14.5. The van der Waals surface area contributed by atoms with Crippen molar-refractivity contribution in [1.29, 1.82) is 0 Å². The van der Waals surface area contributed by atoms with E-state index in [2.05, 4.69) is 5.32 Å². The first kappa shape index (κ1) is 15.0. The average molecular weight is 274 g/mol. The maximum atomic E-state index is 12.1. The van der Waals surface area contributed by atoms with E-state index in [-0.39, 0.29) is 18.1 Å². The van der Waals surface area contributed by atoms with E-state index in [1.54, 1.807) is 18.3 Å². The Kier molecular flexibility index (Phi) is 4.91. The Morgan fingerprint density at radius 1 is 1.26 bits per heavy atom. The summed E-state index contributed by atoms with van der Waals surface area (Å²) in [6.45, 7) is 1.89. The lowest BCUT2D eigenvalue weighted by Crippen LogP contribution is -2.30. The van der Waals surface area contributed by atoms with E-state index < -0.39 is 12.1 Å². The van der Waals surface area contributed by atoms with Crippen LogP contribution >= 0.6 is 0 Å². The molecule has 7 heteroatoms. The number of anilines is 1. The van der Waals surface area contributed by atoms with Gasteiger partial charge in [0.05, 0.1) is 0 Å². The van der Waals surface area contributed by atoms with Crippen molar-refractivity contribution < 1.29 is 22.8 Å². The topological polar surface area (TPSA) is 58.2 Å². The largest absolute Gasteiger partial charge is 0.471 e. The maximum Gasteiger partial charge on any atom is 0.471 e. The molecule has 0 aliphatic carbocycles. The molecule has 1 rings (SSSR count). The lowest BCUT2D eigenvalue weighted by Gasteiger charge is -2.09. The molecule has 0 spiro atoms. The second kappa shape index (κ2) is 6.21. The molecule has 0 fully saturated rings. The van der Waals surface area contributed by atoms with Gasteiger partial charge in [0.25, 0.3) is 0 Å². The van der Waals surface area contributed by atoms with E-state index in [9.17, 15) is 22.8 Å². The van der Waals surface area contributed by atoms with E-state index in [0.29, 0.717) is 12.0 Å². The Balaban J connectivity index is 2.67. The molecule has 4 nitrogen and oxygen atoms in total. The predicted octanol–water partition coefficient (Wildman–Crippen LogP) is 2.21. The fraction of sp³-hybridized carbons (Fsp3) is 0.333. The van der Waals surface area contributed by atoms with Crippen LogP contribution in [0.2, 0.25) is 0 Å². The van der Waals surface area contributed by atoms with Crippen molar-refractivity contribution in [3.63, 3.8) is 0 Å². The number of carbonyl (C=O) groups excluding carboxylic acids is 2. The lowest BCUT2D eigenvalue weighted by atomic mass is 10.2. The van der Waals surface area contributed by atoms with Gasteiger partial charge in [0.15, 0.2) is 0 Å². The standard InChI is InChI=1S/C12H13F3N2O2/c1-2-10(18)16-7-8-4-3-5-9(6-8)17-11(19)12(13,14)15/h3-6H,2,7H2,1H3,(H,16,18)(H,17,19). The number of hydrogen-bond acceptors (Lipinski definition) is 2. The molecule has 19 heavy (non-hydrogen) atoms. The highest BCUT2D eigenvalue weighted by atomic mass is 19.4. The van der Waals surface area contributed by atoms with Crippen molar-refractivity contribution in [1.82, 2.24) is 5.32 Å². The minimum Gasteiger partial charge on any atom is -0.352 e. The SMILES string of the molecule is CCC(=O)NCc1cccc(NC(=O)C(F)(F)F)c1. The fourth-order valence-corrected chi connectivity index (χ4v) is 1.29. The summed E-state index contributed by atoms with van der Waals surface area (Å²) in [7, 11) is 0. The van der Waals surface area contributed by atoms with Crippen molar-refractivity contribution in [2.24, 2.45) is 0 Å². The lowest BCUT2D eigenvalue weighted by molar-refractivity contribution is -0.167. The van der Waals surface area contributed by atoms with Crippen molar-refractivity contribution in [3.8, 4) is 0 Å². The van der Waals surface area contributed by atoms with E-state index in [1.807, 2.05) is 0 Å². The van der Waals surface area contributed by atoms with Gasteiger partial charge in [-0.1, -0.05) is 19.1 Å². The molecule has 0 radical (unpaired) electrons. The van der Waals surface area contributed by atoms with E-state index >= 15 is 0 Å². The number of alkyl halides is 3. The molecule has 2 amide bonds. The van der Waals surface area contributed by atoms with Crippen LogP contribution in [0.5, 0.6) is 0 Å². The Hall–Kier alpha value is -2.05. The molecule has 1 aromatic carbocycles. The third kappa shape index (κ3) is 4.99. The van der Waals surface area contributed by atoms with E-state index in [4.69, 9.17) is 0 Å². The second-order valence-electron chi connectivity index (χ2n) is 3.78. The fourth-order valence-electron chi connectivity index (χ4n) is 1.29. The molecule has 0 saturated carbocycles. The Bertz CT molecular complexity index is 472. The first-order valence-corrected chi connectivity index (χ1v) is 5.56. The second-order valence-corrected chi connectivity index (χ2v) is 3.78. The number of rotatable bonds is 4. The third-order valence-electron chi connectivity index (χ3n) is 2.25. The van der Waals surface area contributed by atoms with Crippen LogP contribution in [0.25, 0.3) is 0 Å². The number of halogens is 3. The van der Waals surface area contributed by atoms with Gasteiger partial charge < -0.3 is 10.6 Å². The van der Waals surface area contributed by atoms with Crippen LogP contribution in [0.15, 0.2) is 24.3 Å². The first-order chi connectivity index (χ1) is 8.82. The van der Waals surface area contributed by atoms with Crippen LogP contribution in [0.1, 0.15) is 18.9 Å². The maximum absolute atomic E-state index is 12.1. The molecular formula is C12H13F3N2O2. The van der Waals surface area contributed by atoms with Crippen LogP contribution in [-0.2, 0) is 16.1 Å². The number of hydrogen-bond donors (Lipinski definition) is 2. The predicted molar refractivity (Wildman–Crippen MR) is 63.3 cm³/mol. The minimum absolute atomic E-state index is 0.0329. The number of benzene rings is 1. The van der Waals surface area contributed by atoms with Gasteiger partial charge in [-0.05, 0) is 17.7 Å². The van der Waals surface area contributed by atoms with Crippen molar-refractivity contribution in [2.75, 3.05) is 5.32 Å². The summed E-state index contributed by atoms with van der Waals surface area (Å²) in [6.07, 6.45) is -4.60. The molecule has 2 N–H and O–H groups in total. The summed E-state index contributed by atoms with van der Waals surface area (Å²) in [6, 6.07) is 5.85. The summed E-state index contributed by atoms with van der Waals surface area (Å²) < 4.78 is 36.2. The summed E-state index contributed by atoms with van der Waals surface area (Å²) in [4.78, 5) is 21.8. The summed E-state index contributed by atoms with van der Waals surface area (Å²) in [5.41, 5.74) is 0.632. The zero-order valence-corrected chi connectivity index (χ0v) is 10.2. The molecule has 0 saturated heterocycles. The van der Waals surface area contributed by atoms with Crippen LogP contribution < -0.4 is 10.6 Å². The quantitative estimate of drug-likeness (QED) is 0.884. The Morgan fingerprint density at radius 2 is 1.95 bits per heavy atom. The van der Waals surface area contributed by atoms with Crippen molar-refractivity contribution in [3.05, 3.63) is 29.8 Å². The van der Waals surface area contributed by atoms with Crippen LogP contribution in [-0.4, -0.2) is 18.0 Å². The Morgan fingerprint density at radius 3 is 2.53 bits per heavy atom. The van der Waals surface area contributed by atoms with Gasteiger partial charge in [-0.15, -0.1) is 0 Å². The molecule has 0 heterocycles. The Labute approximate surface area is 108 Å². The molecule has 104 valence electrons. The van der Waals surface area contributed by atoms with Crippen LogP contribution in [0, 0.1) is 0 Å². The molecule has 0 unspecified atom stereocenters. The number of amides is 2. The van der Waals surface area contributed by atoms with E-state index in [1.165, 1.54) is 18.2 Å². The van der Waals surface area contributed by atoms with Gasteiger partial charge in [0.2, 0.25) is 5.91 Å². The van der Waals surface area contributed by atoms with Gasteiger partial charge in [0.1, 0.15) is 0 Å². The molecule has 0 aromatic heterocycles. The normalized spacial score (nSPS) is 10.9. The van der Waals surface area contributed by atoms with Crippen LogP contribution in [0.4, 0.5) is 18.9 Å². The van der Waals surface area contributed by atoms with Gasteiger partial charge >= 0.3 is 12.1 Å². The molecule has 0 aliphatic rings. The van der Waals surface area contributed by atoms with Crippen molar-refractivity contribution in [2.45, 2.75) is 26.1 Å². The monoisotopic (exact) mass is 274 g/mol. The van der Waals surface area contributed by atoms with Gasteiger partial charge in [-0.2, -0.15) is 13.2 Å². The highest BCUT2D eigenvalue weighted by Gasteiger charge is 2.38. The van der Waals surface area contributed by atoms with Gasteiger partial charge in [0, 0.05) is 18.7 Å². The first-order valence-electron chi connectivity index (χ1n) is 5.56. The highest BCUT2D eigenvalue weighted by molar-refractivity contribution is 5.94. The number of nitrogens with one attached hydrogen (secondary N) is 2. The van der Waals surface area contributed by atoms with Gasteiger partial charge in [-0.25, -0.2) is 0 Å². The molecule has 1 aromatic rings. The summed E-state index contributed by atoms with van der Waals surface area (Å²) in [5, 5.41) is 4.33. The van der Waals surface area contributed by atoms with Crippen molar-refractivity contribution >= 4 is 17.5 Å². The summed E-state index contributed by atoms with van der Waals surface area (Å²) in [5.74, 6) is -2.19. The van der Waals surface area contributed by atoms with Gasteiger partial charge in [-0.3, -0.25) is 9.59 Å². The van der Waals surface area contributed by atoms with Crippen LogP contribution in [0.3, 0.4) is 0 Å². The number of carbonyl (C=O) groups is 2. The molecule has 0 aliphatic heterocycles. The smallest absolute Gasteiger partial charge is 0.352 e. The summed E-state index contributed by atoms with van der Waals surface area (Å²) >= 11 is 0.